The maximum Gasteiger partial charge on any atom is 0.326 e. The van der Waals surface area contributed by atoms with E-state index in [0.717, 1.165) is 0 Å². The molecule has 0 aromatic rings. The van der Waals surface area contributed by atoms with Crippen molar-refractivity contribution in [2.75, 3.05) is 13.1 Å². The molecule has 0 radical (unpaired) electrons. The molecular weight excluding hydrogens is 250 g/mol. The highest BCUT2D eigenvalue weighted by Gasteiger charge is 2.30. The van der Waals surface area contributed by atoms with Crippen LogP contribution in [0.2, 0.25) is 0 Å². The Balaban J connectivity index is 2.51. The van der Waals surface area contributed by atoms with Crippen molar-refractivity contribution in [1.82, 2.24) is 15.5 Å². The van der Waals surface area contributed by atoms with E-state index >= 15 is 0 Å². The topological polar surface area (TPSA) is 98.7 Å². The largest absolute Gasteiger partial charge is 0.480 e. The number of aliphatic carboxylic acids is 1. The van der Waals surface area contributed by atoms with Crippen molar-refractivity contribution in [3.8, 4) is 0 Å². The third-order valence-corrected chi connectivity index (χ3v) is 3.09. The summed E-state index contributed by atoms with van der Waals surface area (Å²) < 4.78 is 0. The molecule has 3 N–H and O–H groups in total. The number of nitrogens with zero attached hydrogens (tertiary/aromatic N) is 1. The van der Waals surface area contributed by atoms with Crippen LogP contribution in [-0.2, 0) is 9.59 Å². The normalized spacial score (nSPS) is 20.2. The Morgan fingerprint density at radius 1 is 1.32 bits per heavy atom. The van der Waals surface area contributed by atoms with Gasteiger partial charge >= 0.3 is 12.0 Å². The van der Waals surface area contributed by atoms with Gasteiger partial charge in [0.15, 0.2) is 0 Å². The Kier molecular flexibility index (Phi) is 5.14. The Labute approximate surface area is 112 Å². The molecule has 1 aliphatic heterocycles. The van der Waals surface area contributed by atoms with Crippen LogP contribution in [0.25, 0.3) is 0 Å². The third-order valence-electron chi connectivity index (χ3n) is 3.09. The minimum absolute atomic E-state index is 0.0504. The van der Waals surface area contributed by atoms with Crippen molar-refractivity contribution in [3.05, 3.63) is 0 Å². The van der Waals surface area contributed by atoms with Gasteiger partial charge in [0.05, 0.1) is 0 Å². The maximum atomic E-state index is 11.9. The number of carboxylic acid groups (broad SMARTS) is 1. The number of rotatable bonds is 4. The van der Waals surface area contributed by atoms with E-state index in [1.807, 2.05) is 0 Å². The zero-order chi connectivity index (χ0) is 14.6. The summed E-state index contributed by atoms with van der Waals surface area (Å²) in [7, 11) is 0. The molecule has 3 amide bonds. The highest BCUT2D eigenvalue weighted by Crippen LogP contribution is 2.10. The number of hydrogen-bond donors (Lipinski definition) is 3. The fourth-order valence-corrected chi connectivity index (χ4v) is 2.09. The van der Waals surface area contributed by atoms with Crippen molar-refractivity contribution in [2.24, 2.45) is 5.92 Å². The third kappa shape index (κ3) is 4.42. The Morgan fingerprint density at radius 3 is 2.42 bits per heavy atom. The van der Waals surface area contributed by atoms with Crippen LogP contribution in [-0.4, -0.2) is 53.1 Å². The summed E-state index contributed by atoms with van der Waals surface area (Å²) in [6.07, 6.45) is 0.687. The first-order valence-electron chi connectivity index (χ1n) is 6.36. The van der Waals surface area contributed by atoms with Gasteiger partial charge in [-0.05, 0) is 12.3 Å². The SMILES string of the molecule is CC(=O)NC1CCN(C(=O)N[C@H](C(=O)O)C(C)C)C1. The van der Waals surface area contributed by atoms with E-state index in [1.165, 1.54) is 11.8 Å². The van der Waals surface area contributed by atoms with E-state index in [1.54, 1.807) is 13.8 Å². The summed E-state index contributed by atoms with van der Waals surface area (Å²) in [5, 5.41) is 14.3. The standard InChI is InChI=1S/C12H21N3O4/c1-7(2)10(11(17)18)14-12(19)15-5-4-9(6-15)13-8(3)16/h7,9-10H,4-6H2,1-3H3,(H,13,16)(H,14,19)(H,17,18)/t9?,10-/m0/s1. The Bertz CT molecular complexity index is 370. The Morgan fingerprint density at radius 2 is 1.95 bits per heavy atom. The average molecular weight is 271 g/mol. The lowest BCUT2D eigenvalue weighted by Crippen LogP contribution is -2.50. The van der Waals surface area contributed by atoms with Crippen molar-refractivity contribution >= 4 is 17.9 Å². The number of urea groups is 1. The van der Waals surface area contributed by atoms with Crippen LogP contribution in [0.5, 0.6) is 0 Å². The molecule has 2 atom stereocenters. The molecule has 0 spiro atoms. The van der Waals surface area contributed by atoms with E-state index in [4.69, 9.17) is 5.11 Å². The first-order valence-corrected chi connectivity index (χ1v) is 6.36. The summed E-state index contributed by atoms with van der Waals surface area (Å²) in [6, 6.07) is -1.34. The van der Waals surface area contributed by atoms with Crippen molar-refractivity contribution in [1.29, 1.82) is 0 Å². The van der Waals surface area contributed by atoms with Gasteiger partial charge in [0.1, 0.15) is 6.04 Å². The van der Waals surface area contributed by atoms with Crippen LogP contribution in [0.1, 0.15) is 27.2 Å². The van der Waals surface area contributed by atoms with Gasteiger partial charge in [-0.1, -0.05) is 13.8 Å². The molecule has 7 nitrogen and oxygen atoms in total. The first-order chi connectivity index (χ1) is 8.81. The minimum atomic E-state index is -1.04. The van der Waals surface area contributed by atoms with Gasteiger partial charge in [-0.25, -0.2) is 9.59 Å². The van der Waals surface area contributed by atoms with E-state index in [0.29, 0.717) is 19.5 Å². The quantitative estimate of drug-likeness (QED) is 0.671. The van der Waals surface area contributed by atoms with Gasteiger partial charge in [0, 0.05) is 26.1 Å². The van der Waals surface area contributed by atoms with Crippen LogP contribution in [0.3, 0.4) is 0 Å². The second-order valence-corrected chi connectivity index (χ2v) is 5.14. The molecule has 1 heterocycles. The van der Waals surface area contributed by atoms with Gasteiger partial charge < -0.3 is 20.6 Å². The molecule has 0 bridgehead atoms. The van der Waals surface area contributed by atoms with Gasteiger partial charge in [0.2, 0.25) is 5.91 Å². The average Bonchev–Trinajstić information content (AvgIpc) is 2.72. The number of hydrogen-bond acceptors (Lipinski definition) is 3. The van der Waals surface area contributed by atoms with Gasteiger partial charge in [-0.15, -0.1) is 0 Å². The summed E-state index contributed by atoms with van der Waals surface area (Å²) >= 11 is 0. The predicted octanol–water partition coefficient (Wildman–Crippen LogP) is 0.0156. The van der Waals surface area contributed by atoms with Crippen LogP contribution in [0.4, 0.5) is 4.79 Å². The number of nitrogens with one attached hydrogen (secondary N) is 2. The van der Waals surface area contributed by atoms with Crippen molar-refractivity contribution < 1.29 is 19.5 Å². The molecule has 1 saturated heterocycles. The van der Waals surface area contributed by atoms with E-state index in [9.17, 15) is 14.4 Å². The molecule has 1 aliphatic rings. The summed E-state index contributed by atoms with van der Waals surface area (Å²) in [5.41, 5.74) is 0. The monoisotopic (exact) mass is 271 g/mol. The predicted molar refractivity (Wildman–Crippen MR) is 68.6 cm³/mol. The van der Waals surface area contributed by atoms with Crippen LogP contribution >= 0.6 is 0 Å². The summed E-state index contributed by atoms with van der Waals surface area (Å²) in [4.78, 5) is 35.4. The molecule has 1 fully saturated rings. The molecule has 1 rings (SSSR count). The summed E-state index contributed by atoms with van der Waals surface area (Å²) in [5.74, 6) is -1.35. The lowest BCUT2D eigenvalue weighted by Gasteiger charge is -2.23. The molecule has 0 saturated carbocycles. The van der Waals surface area contributed by atoms with Crippen molar-refractivity contribution in [3.63, 3.8) is 0 Å². The molecule has 1 unspecified atom stereocenters. The smallest absolute Gasteiger partial charge is 0.326 e. The molecule has 0 aliphatic carbocycles. The van der Waals surface area contributed by atoms with Crippen LogP contribution in [0, 0.1) is 5.92 Å². The van der Waals surface area contributed by atoms with Crippen molar-refractivity contribution in [2.45, 2.75) is 39.3 Å². The first kappa shape index (κ1) is 15.3. The second-order valence-electron chi connectivity index (χ2n) is 5.14. The number of carbonyl (C=O) groups excluding carboxylic acids is 2. The van der Waals surface area contributed by atoms with E-state index in [-0.39, 0.29) is 17.9 Å². The maximum absolute atomic E-state index is 11.9. The molecular formula is C12H21N3O4. The number of likely N-dealkylation sites (tertiary alicyclic amines) is 1. The highest BCUT2D eigenvalue weighted by atomic mass is 16.4. The minimum Gasteiger partial charge on any atom is -0.480 e. The zero-order valence-corrected chi connectivity index (χ0v) is 11.5. The number of amides is 3. The fraction of sp³-hybridized carbons (Fsp3) is 0.750. The second kappa shape index (κ2) is 6.40. The van der Waals surface area contributed by atoms with E-state index < -0.39 is 18.0 Å². The van der Waals surface area contributed by atoms with Gasteiger partial charge in [-0.2, -0.15) is 0 Å². The molecule has 0 aromatic heterocycles. The van der Waals surface area contributed by atoms with Gasteiger partial charge in [0.25, 0.3) is 0 Å². The molecule has 7 heteroatoms. The van der Waals surface area contributed by atoms with Crippen LogP contribution < -0.4 is 10.6 Å². The zero-order valence-electron chi connectivity index (χ0n) is 11.5. The summed E-state index contributed by atoms with van der Waals surface area (Å²) in [6.45, 7) is 5.84. The molecule has 0 aromatic carbocycles. The number of carboxylic acids is 1. The lowest BCUT2D eigenvalue weighted by atomic mass is 10.1. The molecule has 19 heavy (non-hydrogen) atoms. The van der Waals surface area contributed by atoms with Crippen LogP contribution in [0.15, 0.2) is 0 Å². The fourth-order valence-electron chi connectivity index (χ4n) is 2.09. The Hall–Kier alpha value is -1.79. The molecule has 108 valence electrons. The lowest BCUT2D eigenvalue weighted by molar-refractivity contribution is -0.140. The highest BCUT2D eigenvalue weighted by molar-refractivity contribution is 5.83. The van der Waals surface area contributed by atoms with E-state index in [2.05, 4.69) is 10.6 Å². The van der Waals surface area contributed by atoms with Gasteiger partial charge in [-0.3, -0.25) is 4.79 Å². The number of carbonyl (C=O) groups is 3.